The summed E-state index contributed by atoms with van der Waals surface area (Å²) in [5.41, 5.74) is 17.4. The zero-order valence-electron chi connectivity index (χ0n) is 35.1. The summed E-state index contributed by atoms with van der Waals surface area (Å²) in [6, 6.07) is 66.6. The molecular formula is C59H47NO2. The molecule has 8 aromatic carbocycles. The van der Waals surface area contributed by atoms with Gasteiger partial charge in [0.25, 0.3) is 0 Å². The van der Waals surface area contributed by atoms with Crippen molar-refractivity contribution in [3.63, 3.8) is 0 Å². The molecule has 3 nitrogen and oxygen atoms in total. The highest BCUT2D eigenvalue weighted by Crippen LogP contribution is 2.39. The van der Waals surface area contributed by atoms with Gasteiger partial charge in [0.15, 0.2) is 0 Å². The molecule has 10 rings (SSSR count). The summed E-state index contributed by atoms with van der Waals surface area (Å²) in [7, 11) is 0. The Hall–Kier alpha value is -7.49. The number of unbranched alkanes of at least 4 members (excludes halogenated alkanes) is 1. The first kappa shape index (κ1) is 38.7. The fourth-order valence-electron chi connectivity index (χ4n) is 8.61. The zero-order chi connectivity index (χ0) is 41.8. The molecule has 62 heavy (non-hydrogen) atoms. The van der Waals surface area contributed by atoms with Gasteiger partial charge in [0.05, 0.1) is 5.70 Å². The van der Waals surface area contributed by atoms with E-state index in [0.29, 0.717) is 0 Å². The summed E-state index contributed by atoms with van der Waals surface area (Å²) >= 11 is 0. The number of para-hydroxylation sites is 1. The van der Waals surface area contributed by atoms with Gasteiger partial charge in [-0.15, -0.1) is 0 Å². The number of allylic oxidation sites excluding steroid dienone is 2. The molecule has 0 saturated heterocycles. The maximum Gasteiger partial charge on any atom is 0.136 e. The van der Waals surface area contributed by atoms with Crippen molar-refractivity contribution < 1.29 is 8.83 Å². The lowest BCUT2D eigenvalue weighted by Gasteiger charge is -2.12. The molecule has 0 radical (unpaired) electrons. The van der Waals surface area contributed by atoms with E-state index in [1.807, 2.05) is 12.1 Å². The fourth-order valence-corrected chi connectivity index (χ4v) is 8.61. The summed E-state index contributed by atoms with van der Waals surface area (Å²) in [4.78, 5) is 5.46. The minimum Gasteiger partial charge on any atom is -0.456 e. The maximum atomic E-state index is 6.44. The van der Waals surface area contributed by atoms with Crippen LogP contribution in [0, 0.1) is 0 Å². The van der Waals surface area contributed by atoms with Gasteiger partial charge in [-0.1, -0.05) is 183 Å². The molecule has 0 aliphatic rings. The van der Waals surface area contributed by atoms with Crippen molar-refractivity contribution >= 4 is 61.4 Å². The second-order valence-corrected chi connectivity index (χ2v) is 16.2. The van der Waals surface area contributed by atoms with Crippen LogP contribution in [0.1, 0.15) is 56.2 Å². The van der Waals surface area contributed by atoms with Crippen molar-refractivity contribution in [3.05, 3.63) is 216 Å². The summed E-state index contributed by atoms with van der Waals surface area (Å²) in [5, 5.41) is 4.55. The molecule has 0 unspecified atom stereocenters. The third kappa shape index (κ3) is 7.93. The second kappa shape index (κ2) is 17.2. The average Bonchev–Trinajstić information content (AvgIpc) is 3.90. The van der Waals surface area contributed by atoms with Gasteiger partial charge < -0.3 is 8.83 Å². The van der Waals surface area contributed by atoms with E-state index in [1.54, 1.807) is 0 Å². The van der Waals surface area contributed by atoms with Crippen LogP contribution in [0.5, 0.6) is 0 Å². The first-order valence-electron chi connectivity index (χ1n) is 21.7. The van der Waals surface area contributed by atoms with Crippen LogP contribution in [0.4, 0.5) is 0 Å². The molecule has 3 heteroatoms. The first-order valence-corrected chi connectivity index (χ1v) is 21.7. The van der Waals surface area contributed by atoms with E-state index >= 15 is 0 Å². The molecular weight excluding hydrogens is 755 g/mol. The van der Waals surface area contributed by atoms with Crippen molar-refractivity contribution in [2.24, 2.45) is 4.99 Å². The van der Waals surface area contributed by atoms with E-state index < -0.39 is 0 Å². The lowest BCUT2D eigenvalue weighted by Crippen LogP contribution is -2.02. The van der Waals surface area contributed by atoms with Gasteiger partial charge in [-0.3, -0.25) is 4.99 Å². The molecule has 0 bridgehead atoms. The Bertz CT molecular complexity index is 3270. The number of fused-ring (bicyclic) bond motifs is 6. The normalized spacial score (nSPS) is 12.6. The molecule has 0 atom stereocenters. The molecule has 0 saturated carbocycles. The highest BCUT2D eigenvalue weighted by atomic mass is 16.3. The number of benzene rings is 8. The number of aliphatic imine (C=N–C) groups is 1. The molecule has 10 aromatic rings. The molecule has 0 amide bonds. The van der Waals surface area contributed by atoms with Crippen molar-refractivity contribution in [1.82, 2.24) is 0 Å². The standard InChI is InChI=1S/C59H47NO2/c1-3-4-20-53(60-54(46-16-9-6-10-17-46)35-23-40(2)37-41-24-34-51-50-18-11-12-21-55(50)62-58(51)38-41)47-31-29-45(30-32-47)49-19-13-22-57-59(49)52-39-48(33-36-56(52)61-57)44-27-25-43(26-28-44)42-14-7-5-8-15-42/h5-22,24-34,36-39H,3-4,23,35H2,1-2H3/b40-37-,53-20-,60-54+. The highest BCUT2D eigenvalue weighted by molar-refractivity contribution is 6.13. The van der Waals surface area contributed by atoms with Crippen LogP contribution in [-0.2, 0) is 0 Å². The predicted octanol–water partition coefficient (Wildman–Crippen LogP) is 17.0. The Labute approximate surface area is 363 Å². The van der Waals surface area contributed by atoms with Gasteiger partial charge in [-0.05, 0) is 113 Å². The van der Waals surface area contributed by atoms with E-state index in [-0.39, 0.29) is 0 Å². The minimum atomic E-state index is 0.815. The largest absolute Gasteiger partial charge is 0.456 e. The monoisotopic (exact) mass is 801 g/mol. The van der Waals surface area contributed by atoms with Crippen LogP contribution in [0.3, 0.4) is 0 Å². The number of rotatable bonds is 12. The van der Waals surface area contributed by atoms with Crippen molar-refractivity contribution in [3.8, 4) is 33.4 Å². The van der Waals surface area contributed by atoms with Gasteiger partial charge >= 0.3 is 0 Å². The maximum absolute atomic E-state index is 6.44. The Morgan fingerprint density at radius 1 is 0.484 bits per heavy atom. The number of furan rings is 2. The average molecular weight is 802 g/mol. The molecule has 2 heterocycles. The fraction of sp³-hybridized carbons (Fsp3) is 0.102. The van der Waals surface area contributed by atoms with Gasteiger partial charge in [0.2, 0.25) is 0 Å². The molecule has 0 aliphatic heterocycles. The summed E-state index contributed by atoms with van der Waals surface area (Å²) < 4.78 is 12.6. The number of nitrogens with zero attached hydrogens (tertiary/aromatic N) is 1. The molecule has 0 fully saturated rings. The lowest BCUT2D eigenvalue weighted by atomic mass is 9.95. The Kier molecular flexibility index (Phi) is 10.8. The molecule has 0 N–H and O–H groups in total. The third-order valence-corrected chi connectivity index (χ3v) is 11.9. The van der Waals surface area contributed by atoms with Crippen LogP contribution >= 0.6 is 0 Å². The van der Waals surface area contributed by atoms with Crippen molar-refractivity contribution in [1.29, 1.82) is 0 Å². The van der Waals surface area contributed by atoms with Crippen LogP contribution in [-0.4, -0.2) is 5.71 Å². The van der Waals surface area contributed by atoms with E-state index in [2.05, 4.69) is 202 Å². The summed E-state index contributed by atoms with van der Waals surface area (Å²) in [6.07, 6.45) is 8.26. The van der Waals surface area contributed by atoms with Crippen LogP contribution < -0.4 is 0 Å². The summed E-state index contributed by atoms with van der Waals surface area (Å²) in [6.45, 7) is 4.43. The highest BCUT2D eigenvalue weighted by Gasteiger charge is 2.15. The first-order chi connectivity index (χ1) is 30.6. The number of hydrogen-bond acceptors (Lipinski definition) is 3. The molecule has 0 aliphatic carbocycles. The third-order valence-electron chi connectivity index (χ3n) is 11.9. The second-order valence-electron chi connectivity index (χ2n) is 16.2. The smallest absolute Gasteiger partial charge is 0.136 e. The van der Waals surface area contributed by atoms with E-state index in [9.17, 15) is 0 Å². The van der Waals surface area contributed by atoms with Gasteiger partial charge in [-0.25, -0.2) is 0 Å². The van der Waals surface area contributed by atoms with Gasteiger partial charge in [0.1, 0.15) is 22.3 Å². The van der Waals surface area contributed by atoms with E-state index in [1.165, 1.54) is 22.3 Å². The van der Waals surface area contributed by atoms with Gasteiger partial charge in [0, 0.05) is 27.3 Å². The Balaban J connectivity index is 0.940. The topological polar surface area (TPSA) is 38.6 Å². The Morgan fingerprint density at radius 3 is 1.90 bits per heavy atom. The SMILES string of the molecule is CCC/C=C(\N=C(/CC/C(C)=C\c1ccc2c(c1)oc1ccccc12)c1ccccc1)c1ccc(-c2cccc3oc4ccc(-c5ccc(-c6ccccc6)cc5)cc4c23)cc1. The predicted molar refractivity (Wildman–Crippen MR) is 262 cm³/mol. The van der Waals surface area contributed by atoms with Crippen molar-refractivity contribution in [2.45, 2.75) is 39.5 Å². The van der Waals surface area contributed by atoms with E-state index in [0.717, 1.165) is 114 Å². The number of hydrogen-bond donors (Lipinski definition) is 0. The quantitative estimate of drug-likeness (QED) is 0.115. The Morgan fingerprint density at radius 2 is 1.11 bits per heavy atom. The van der Waals surface area contributed by atoms with Crippen LogP contribution in [0.2, 0.25) is 0 Å². The molecule has 0 spiro atoms. The molecule has 300 valence electrons. The molecule has 2 aromatic heterocycles. The summed E-state index contributed by atoms with van der Waals surface area (Å²) in [5.74, 6) is 0. The minimum absolute atomic E-state index is 0.815. The van der Waals surface area contributed by atoms with E-state index in [4.69, 9.17) is 13.8 Å². The lowest BCUT2D eigenvalue weighted by molar-refractivity contribution is 0.668. The zero-order valence-corrected chi connectivity index (χ0v) is 35.1. The van der Waals surface area contributed by atoms with Crippen LogP contribution in [0.25, 0.3) is 89.0 Å². The van der Waals surface area contributed by atoms with Crippen molar-refractivity contribution in [2.75, 3.05) is 0 Å². The van der Waals surface area contributed by atoms with Crippen LogP contribution in [0.15, 0.2) is 214 Å². The van der Waals surface area contributed by atoms with Gasteiger partial charge in [-0.2, -0.15) is 0 Å².